The van der Waals surface area contributed by atoms with Crippen molar-refractivity contribution in [3.05, 3.63) is 266 Å². The van der Waals surface area contributed by atoms with E-state index in [9.17, 15) is 0 Å². The number of nitrogens with zero attached hydrogens (tertiary/aromatic N) is 4. The summed E-state index contributed by atoms with van der Waals surface area (Å²) in [6.45, 7) is 0. The molecule has 4 heteroatoms. The fourth-order valence-corrected chi connectivity index (χ4v) is 12.4. The lowest BCUT2D eigenvalue weighted by Crippen LogP contribution is -2.26. The average Bonchev–Trinajstić information content (AvgIpc) is 4.05. The first-order valence-corrected chi connectivity index (χ1v) is 24.2. The van der Waals surface area contributed by atoms with Gasteiger partial charge >= 0.3 is 0 Å². The zero-order chi connectivity index (χ0) is 46.6. The van der Waals surface area contributed by atoms with Crippen LogP contribution in [0.3, 0.4) is 0 Å². The van der Waals surface area contributed by atoms with Gasteiger partial charge in [-0.3, -0.25) is 19.9 Å². The highest BCUT2D eigenvalue weighted by Crippen LogP contribution is 2.67. The summed E-state index contributed by atoms with van der Waals surface area (Å²) in [6.07, 6.45) is 15.2. The molecule has 0 saturated carbocycles. The number of hydrogen-bond acceptors (Lipinski definition) is 4. The van der Waals surface area contributed by atoms with E-state index in [1.165, 1.54) is 94.2 Å². The molecule has 0 aliphatic heterocycles. The van der Waals surface area contributed by atoms with Gasteiger partial charge in [0, 0.05) is 71.8 Å². The van der Waals surface area contributed by atoms with Gasteiger partial charge in [-0.1, -0.05) is 121 Å². The van der Waals surface area contributed by atoms with E-state index >= 15 is 0 Å². The summed E-state index contributed by atoms with van der Waals surface area (Å²) in [7, 11) is 0. The first-order valence-electron chi connectivity index (χ1n) is 24.2. The first kappa shape index (κ1) is 39.6. The maximum Gasteiger partial charge on any atom is 0.0725 e. The highest BCUT2D eigenvalue weighted by atomic mass is 14.6. The highest BCUT2D eigenvalue weighted by molar-refractivity contribution is 6.22. The van der Waals surface area contributed by atoms with E-state index in [1.807, 2.05) is 73.8 Å². The lowest BCUT2D eigenvalue weighted by molar-refractivity contribution is 0.794. The molecule has 0 amide bonds. The molecule has 15 rings (SSSR count). The molecule has 0 N–H and O–H groups in total. The van der Waals surface area contributed by atoms with Gasteiger partial charge in [-0.15, -0.1) is 0 Å². The molecule has 0 atom stereocenters. The van der Waals surface area contributed by atoms with E-state index in [1.54, 1.807) is 0 Å². The molecular formula is C67H40N4. The second kappa shape index (κ2) is 15.3. The van der Waals surface area contributed by atoms with Crippen LogP contribution in [0.1, 0.15) is 22.3 Å². The fraction of sp³-hybridized carbons (Fsp3) is 0.0149. The third-order valence-corrected chi connectivity index (χ3v) is 15.3. The summed E-state index contributed by atoms with van der Waals surface area (Å²) < 4.78 is 0. The van der Waals surface area contributed by atoms with Crippen LogP contribution in [0.25, 0.3) is 122 Å². The molecule has 3 aliphatic rings. The predicted octanol–water partition coefficient (Wildman–Crippen LogP) is 16.4. The van der Waals surface area contributed by atoms with Crippen LogP contribution in [-0.4, -0.2) is 19.9 Å². The number of pyridine rings is 4. The van der Waals surface area contributed by atoms with Crippen LogP contribution in [0.15, 0.2) is 244 Å². The summed E-state index contributed by atoms with van der Waals surface area (Å²) in [5, 5.41) is 2.53. The van der Waals surface area contributed by atoms with Crippen LogP contribution in [0.4, 0.5) is 0 Å². The Morgan fingerprint density at radius 2 is 0.704 bits per heavy atom. The van der Waals surface area contributed by atoms with Crippen LogP contribution in [0, 0.1) is 0 Å². The van der Waals surface area contributed by atoms with Crippen molar-refractivity contribution in [3.63, 3.8) is 0 Å². The molecule has 4 heterocycles. The lowest BCUT2D eigenvalue weighted by Gasteiger charge is -2.31. The van der Waals surface area contributed by atoms with Crippen molar-refractivity contribution < 1.29 is 0 Å². The largest absolute Gasteiger partial charge is 0.265 e. The van der Waals surface area contributed by atoms with Crippen LogP contribution in [0.5, 0.6) is 0 Å². The van der Waals surface area contributed by atoms with E-state index in [-0.39, 0.29) is 0 Å². The SMILES string of the molecule is c1ccc(-c2cc3c4c(cccc4c2)-c2c-3cc3c(c2-c2cc(-c4cncc(-c5ccncc5)c4)cc(-c4cncc(-c5ccncc5)c4)c2)-c2ccccc2C32c3ccccc3-c3ccccc32)cc1. The van der Waals surface area contributed by atoms with Crippen molar-refractivity contribution >= 4 is 10.8 Å². The number of rotatable bonds is 6. The smallest absolute Gasteiger partial charge is 0.0725 e. The highest BCUT2D eigenvalue weighted by Gasteiger charge is 2.53. The number of hydrogen-bond donors (Lipinski definition) is 0. The fourth-order valence-electron chi connectivity index (χ4n) is 12.4. The summed E-state index contributed by atoms with van der Waals surface area (Å²) in [5.74, 6) is 0. The van der Waals surface area contributed by atoms with Crippen molar-refractivity contribution in [2.45, 2.75) is 5.41 Å². The third-order valence-electron chi connectivity index (χ3n) is 15.3. The lowest BCUT2D eigenvalue weighted by atomic mass is 9.69. The molecular weight excluding hydrogens is 861 g/mol. The Kier molecular flexibility index (Phi) is 8.54. The summed E-state index contributed by atoms with van der Waals surface area (Å²) in [4.78, 5) is 18.4. The van der Waals surface area contributed by atoms with Crippen molar-refractivity contribution in [3.8, 4) is 111 Å². The van der Waals surface area contributed by atoms with Gasteiger partial charge < -0.3 is 0 Å². The first-order chi connectivity index (χ1) is 35.2. The van der Waals surface area contributed by atoms with E-state index in [4.69, 9.17) is 9.97 Å². The molecule has 328 valence electrons. The Labute approximate surface area is 411 Å². The normalized spacial score (nSPS) is 12.9. The minimum Gasteiger partial charge on any atom is -0.265 e. The second-order valence-corrected chi connectivity index (χ2v) is 19.0. The van der Waals surface area contributed by atoms with Gasteiger partial charge in [0.2, 0.25) is 0 Å². The minimum atomic E-state index is -0.556. The molecule has 12 aromatic rings. The Morgan fingerprint density at radius 3 is 1.31 bits per heavy atom. The molecule has 8 aromatic carbocycles. The van der Waals surface area contributed by atoms with Crippen LogP contribution in [0.2, 0.25) is 0 Å². The van der Waals surface area contributed by atoms with Gasteiger partial charge in [0.25, 0.3) is 0 Å². The van der Waals surface area contributed by atoms with Gasteiger partial charge in [0.05, 0.1) is 5.41 Å². The van der Waals surface area contributed by atoms with E-state index < -0.39 is 5.41 Å². The van der Waals surface area contributed by atoms with Gasteiger partial charge in [0.15, 0.2) is 0 Å². The summed E-state index contributed by atoms with van der Waals surface area (Å²) in [6, 6.07) is 72.4. The summed E-state index contributed by atoms with van der Waals surface area (Å²) >= 11 is 0. The van der Waals surface area contributed by atoms with E-state index in [0.717, 1.165) is 50.1 Å². The average molecular weight is 901 g/mol. The van der Waals surface area contributed by atoms with E-state index in [2.05, 4.69) is 180 Å². The third kappa shape index (κ3) is 5.79. The predicted molar refractivity (Wildman–Crippen MR) is 288 cm³/mol. The summed E-state index contributed by atoms with van der Waals surface area (Å²) in [5.41, 5.74) is 28.0. The van der Waals surface area contributed by atoms with Gasteiger partial charge in [-0.05, 0) is 195 Å². The van der Waals surface area contributed by atoms with Gasteiger partial charge in [-0.2, -0.15) is 0 Å². The van der Waals surface area contributed by atoms with Crippen LogP contribution < -0.4 is 0 Å². The number of fused-ring (bicyclic) bond motifs is 13. The molecule has 0 unspecified atom stereocenters. The number of aromatic nitrogens is 4. The monoisotopic (exact) mass is 900 g/mol. The van der Waals surface area contributed by atoms with Crippen LogP contribution in [-0.2, 0) is 5.41 Å². The Morgan fingerprint density at radius 1 is 0.239 bits per heavy atom. The molecule has 0 fully saturated rings. The van der Waals surface area contributed by atoms with Crippen molar-refractivity contribution in [2.75, 3.05) is 0 Å². The molecule has 0 saturated heterocycles. The quantitative estimate of drug-likeness (QED) is 0.167. The number of benzene rings is 8. The molecule has 4 nitrogen and oxygen atoms in total. The Hall–Kier alpha value is -9.38. The van der Waals surface area contributed by atoms with Gasteiger partial charge in [-0.25, -0.2) is 0 Å². The molecule has 71 heavy (non-hydrogen) atoms. The topological polar surface area (TPSA) is 51.6 Å². The van der Waals surface area contributed by atoms with Crippen molar-refractivity contribution in [1.29, 1.82) is 0 Å². The molecule has 1 spiro atoms. The van der Waals surface area contributed by atoms with E-state index in [0.29, 0.717) is 0 Å². The van der Waals surface area contributed by atoms with Crippen molar-refractivity contribution in [2.24, 2.45) is 0 Å². The molecule has 0 bridgehead atoms. The maximum atomic E-state index is 4.88. The minimum absolute atomic E-state index is 0.556. The second-order valence-electron chi connectivity index (χ2n) is 19.0. The Bertz CT molecular complexity index is 4010. The van der Waals surface area contributed by atoms with Crippen molar-refractivity contribution in [1.82, 2.24) is 19.9 Å². The molecule has 3 aliphatic carbocycles. The zero-order valence-corrected chi connectivity index (χ0v) is 38.4. The maximum absolute atomic E-state index is 4.88. The van der Waals surface area contributed by atoms with Gasteiger partial charge in [0.1, 0.15) is 0 Å². The van der Waals surface area contributed by atoms with Crippen LogP contribution >= 0.6 is 0 Å². The molecule has 4 aromatic heterocycles. The Balaban J connectivity index is 1.09. The molecule has 0 radical (unpaired) electrons. The standard InChI is InChI=1S/C67H40N4/c1-2-11-41(12-3-1)47-29-44-13-10-17-56-63(44)57(35-47)58-36-62-66(55-16-6-9-20-61(55)67(62)59-18-7-4-14-53(59)54-15-5-8-19-60(54)67)64(65(56)58)48-31-45(51-33-49(37-70-39-51)42-21-25-68-26-22-42)30-46(32-48)52-34-50(38-71-40-52)43-23-27-69-28-24-43/h1-40H. The zero-order valence-electron chi connectivity index (χ0n) is 38.4.